The summed E-state index contributed by atoms with van der Waals surface area (Å²) in [6, 6.07) is 10.6. The molecule has 0 aliphatic heterocycles. The Morgan fingerprint density at radius 2 is 1.76 bits per heavy atom. The van der Waals surface area contributed by atoms with Crippen LogP contribution in [0.15, 0.2) is 36.4 Å². The molecule has 1 fully saturated rings. The van der Waals surface area contributed by atoms with Gasteiger partial charge in [-0.25, -0.2) is 0 Å². The van der Waals surface area contributed by atoms with E-state index in [1.54, 1.807) is 24.3 Å². The molecule has 176 valence electrons. The lowest BCUT2D eigenvalue weighted by molar-refractivity contribution is -0.143. The Hall–Kier alpha value is -2.86. The summed E-state index contributed by atoms with van der Waals surface area (Å²) in [6.07, 6.45) is 3.31. The predicted octanol–water partition coefficient (Wildman–Crippen LogP) is 5.37. The maximum absolute atomic E-state index is 12.6. The Bertz CT molecular complexity index is 1030. The summed E-state index contributed by atoms with van der Waals surface area (Å²) in [4.78, 5) is 35.9. The van der Waals surface area contributed by atoms with Crippen LogP contribution in [0, 0.1) is 19.8 Å². The molecule has 0 radical (unpaired) electrons. The number of Topliss-reactive ketones (excluding diaryl/α,β-unsaturated/α-hetero) is 1. The zero-order valence-electron chi connectivity index (χ0n) is 19.0. The highest BCUT2D eigenvalue weighted by molar-refractivity contribution is 6.34. The minimum atomic E-state index is -0.746. The molecule has 0 bridgehead atoms. The molecule has 2 aromatic rings. The largest absolute Gasteiger partial charge is 0.490 e. The molecule has 0 aromatic heterocycles. The van der Waals surface area contributed by atoms with Crippen LogP contribution < -0.4 is 10.1 Å². The summed E-state index contributed by atoms with van der Waals surface area (Å²) in [5, 5.41) is 12.3. The number of ether oxygens (including phenoxy) is 1. The topological polar surface area (TPSA) is 92.7 Å². The van der Waals surface area contributed by atoms with Crippen molar-refractivity contribution < 1.29 is 24.2 Å². The van der Waals surface area contributed by atoms with Gasteiger partial charge in [-0.1, -0.05) is 17.7 Å². The SMILES string of the molecule is Cc1ccc(C(=O)NCCCC(=O)c2ccc(OC3CCC(C(=O)O)CC3)cc2Cl)cc1C. The number of benzene rings is 2. The highest BCUT2D eigenvalue weighted by Gasteiger charge is 2.27. The van der Waals surface area contributed by atoms with E-state index in [-0.39, 0.29) is 30.1 Å². The molecule has 6 nitrogen and oxygen atoms in total. The van der Waals surface area contributed by atoms with Crippen LogP contribution in [-0.2, 0) is 4.79 Å². The van der Waals surface area contributed by atoms with Crippen molar-refractivity contribution in [3.63, 3.8) is 0 Å². The van der Waals surface area contributed by atoms with Gasteiger partial charge in [0.15, 0.2) is 5.78 Å². The molecular formula is C26H30ClNO5. The van der Waals surface area contributed by atoms with Gasteiger partial charge in [-0.05, 0) is 87.4 Å². The van der Waals surface area contributed by atoms with E-state index in [1.807, 2.05) is 26.0 Å². The van der Waals surface area contributed by atoms with Crippen molar-refractivity contribution in [3.8, 4) is 5.75 Å². The van der Waals surface area contributed by atoms with Gasteiger partial charge in [-0.15, -0.1) is 0 Å². The van der Waals surface area contributed by atoms with Gasteiger partial charge in [-0.3, -0.25) is 14.4 Å². The van der Waals surface area contributed by atoms with Crippen molar-refractivity contribution in [2.75, 3.05) is 6.54 Å². The second-order valence-corrected chi connectivity index (χ2v) is 9.06. The van der Waals surface area contributed by atoms with Crippen molar-refractivity contribution in [2.24, 2.45) is 5.92 Å². The smallest absolute Gasteiger partial charge is 0.306 e. The second kappa shape index (κ2) is 11.3. The number of hydrogen-bond donors (Lipinski definition) is 2. The number of aryl methyl sites for hydroxylation is 2. The van der Waals surface area contributed by atoms with Crippen molar-refractivity contribution in [3.05, 3.63) is 63.7 Å². The van der Waals surface area contributed by atoms with Crippen molar-refractivity contribution in [1.82, 2.24) is 5.32 Å². The summed E-state index contributed by atoms with van der Waals surface area (Å²) in [5.74, 6) is -0.698. The summed E-state index contributed by atoms with van der Waals surface area (Å²) < 4.78 is 5.95. The molecule has 3 rings (SSSR count). The Morgan fingerprint density at radius 1 is 1.03 bits per heavy atom. The third kappa shape index (κ3) is 6.81. The first-order chi connectivity index (χ1) is 15.7. The zero-order valence-corrected chi connectivity index (χ0v) is 19.8. The van der Waals surface area contributed by atoms with Crippen LogP contribution in [0.25, 0.3) is 0 Å². The zero-order chi connectivity index (χ0) is 24.0. The number of ketones is 1. The van der Waals surface area contributed by atoms with Crippen LogP contribution >= 0.6 is 11.6 Å². The van der Waals surface area contributed by atoms with E-state index < -0.39 is 5.97 Å². The first-order valence-corrected chi connectivity index (χ1v) is 11.7. The fourth-order valence-corrected chi connectivity index (χ4v) is 4.26. The number of carboxylic acids is 1. The molecule has 0 atom stereocenters. The van der Waals surface area contributed by atoms with E-state index >= 15 is 0 Å². The molecule has 1 saturated carbocycles. The summed E-state index contributed by atoms with van der Waals surface area (Å²) in [6.45, 7) is 4.36. The molecule has 0 unspecified atom stereocenters. The van der Waals surface area contributed by atoms with E-state index in [9.17, 15) is 14.4 Å². The number of halogens is 1. The maximum atomic E-state index is 12.6. The van der Waals surface area contributed by atoms with Crippen LogP contribution in [0.3, 0.4) is 0 Å². The van der Waals surface area contributed by atoms with Gasteiger partial charge in [0.1, 0.15) is 5.75 Å². The molecule has 0 heterocycles. The van der Waals surface area contributed by atoms with Gasteiger partial charge < -0.3 is 15.2 Å². The number of rotatable bonds is 9. The average molecular weight is 472 g/mol. The molecule has 7 heteroatoms. The molecule has 2 N–H and O–H groups in total. The Balaban J connectivity index is 1.45. The highest BCUT2D eigenvalue weighted by Crippen LogP contribution is 2.30. The van der Waals surface area contributed by atoms with E-state index in [4.69, 9.17) is 21.4 Å². The first kappa shape index (κ1) is 24.8. The van der Waals surface area contributed by atoms with Crippen molar-refractivity contribution in [1.29, 1.82) is 0 Å². The lowest BCUT2D eigenvalue weighted by atomic mass is 9.87. The van der Waals surface area contributed by atoms with Gasteiger partial charge in [0.05, 0.1) is 17.0 Å². The number of aliphatic carboxylic acids is 1. The van der Waals surface area contributed by atoms with Crippen LogP contribution in [0.4, 0.5) is 0 Å². The number of carboxylic acid groups (broad SMARTS) is 1. The van der Waals surface area contributed by atoms with Gasteiger partial charge in [0.2, 0.25) is 0 Å². The lowest BCUT2D eigenvalue weighted by Gasteiger charge is -2.26. The summed E-state index contributed by atoms with van der Waals surface area (Å²) in [7, 11) is 0. The van der Waals surface area contributed by atoms with Crippen LogP contribution in [0.2, 0.25) is 5.02 Å². The fraction of sp³-hybridized carbons (Fsp3) is 0.423. The number of nitrogens with one attached hydrogen (secondary N) is 1. The number of amides is 1. The molecule has 33 heavy (non-hydrogen) atoms. The van der Waals surface area contributed by atoms with Gasteiger partial charge in [0, 0.05) is 24.1 Å². The van der Waals surface area contributed by atoms with E-state index in [1.165, 1.54) is 0 Å². The molecule has 0 spiro atoms. The maximum Gasteiger partial charge on any atom is 0.306 e. The number of carbonyl (C=O) groups excluding carboxylic acids is 2. The molecule has 2 aromatic carbocycles. The molecule has 1 aliphatic carbocycles. The molecule has 1 aliphatic rings. The van der Waals surface area contributed by atoms with E-state index in [0.29, 0.717) is 60.5 Å². The highest BCUT2D eigenvalue weighted by atomic mass is 35.5. The standard InChI is InChI=1S/C26H30ClNO5/c1-16-5-6-19(14-17(16)2)25(30)28-13-3-4-24(29)22-12-11-21(15-23(22)27)33-20-9-7-18(8-10-20)26(31)32/h5-6,11-12,14-15,18,20H,3-4,7-10,13H2,1-2H3,(H,28,30)(H,31,32). The molecule has 1 amide bonds. The van der Waals surface area contributed by atoms with Crippen molar-refractivity contribution in [2.45, 2.75) is 58.5 Å². The summed E-state index contributed by atoms with van der Waals surface area (Å²) in [5.41, 5.74) is 3.24. The average Bonchev–Trinajstić information content (AvgIpc) is 2.78. The minimum absolute atomic E-state index is 0.0425. The second-order valence-electron chi connectivity index (χ2n) is 8.65. The normalized spacial score (nSPS) is 17.9. The molecule has 0 saturated heterocycles. The first-order valence-electron chi connectivity index (χ1n) is 11.3. The monoisotopic (exact) mass is 471 g/mol. The third-order valence-electron chi connectivity index (χ3n) is 6.20. The predicted molar refractivity (Wildman–Crippen MR) is 127 cm³/mol. The van der Waals surface area contributed by atoms with E-state index in [0.717, 1.165) is 11.1 Å². The minimum Gasteiger partial charge on any atom is -0.490 e. The Labute approximate surface area is 199 Å². The van der Waals surface area contributed by atoms with Gasteiger partial charge in [0.25, 0.3) is 5.91 Å². The quantitative estimate of drug-likeness (QED) is 0.378. The third-order valence-corrected chi connectivity index (χ3v) is 6.52. The van der Waals surface area contributed by atoms with Gasteiger partial charge >= 0.3 is 5.97 Å². The van der Waals surface area contributed by atoms with Crippen molar-refractivity contribution >= 4 is 29.3 Å². The van der Waals surface area contributed by atoms with Crippen LogP contribution in [0.5, 0.6) is 5.75 Å². The van der Waals surface area contributed by atoms with Crippen LogP contribution in [0.1, 0.15) is 70.4 Å². The fourth-order valence-electron chi connectivity index (χ4n) is 3.99. The van der Waals surface area contributed by atoms with E-state index in [2.05, 4.69) is 5.32 Å². The Kier molecular flexibility index (Phi) is 8.50. The lowest BCUT2D eigenvalue weighted by Crippen LogP contribution is -2.27. The van der Waals surface area contributed by atoms with Gasteiger partial charge in [-0.2, -0.15) is 0 Å². The summed E-state index contributed by atoms with van der Waals surface area (Å²) >= 11 is 6.33. The number of carbonyl (C=O) groups is 3. The van der Waals surface area contributed by atoms with Crippen LogP contribution in [-0.4, -0.2) is 35.4 Å². The molecular weight excluding hydrogens is 442 g/mol. The Morgan fingerprint density at radius 3 is 2.39 bits per heavy atom. The number of hydrogen-bond acceptors (Lipinski definition) is 4.